The fraction of sp³-hybridized carbons (Fsp3) is 0.368. The minimum absolute atomic E-state index is 0.0236. The lowest BCUT2D eigenvalue weighted by Gasteiger charge is -2.24. The Hall–Kier alpha value is -3.89. The number of carbonyl (C=O) groups excluding carboxylic acids is 1. The molecule has 0 aliphatic carbocycles. The van der Waals surface area contributed by atoms with Crippen molar-refractivity contribution in [3.05, 3.63) is 68.8 Å². The highest BCUT2D eigenvalue weighted by atomic mass is 16.6. The number of nitrogens with zero attached hydrogens (tertiary/aromatic N) is 7. The number of hydrogen-bond acceptors (Lipinski definition) is 7. The highest BCUT2D eigenvalue weighted by Gasteiger charge is 2.56. The van der Waals surface area contributed by atoms with Crippen molar-refractivity contribution < 1.29 is 14.3 Å². The number of amides is 1. The molecule has 5 rings (SSSR count). The van der Waals surface area contributed by atoms with Crippen LogP contribution in [0.2, 0.25) is 0 Å². The predicted molar refractivity (Wildman–Crippen MR) is 107 cm³/mol. The number of ether oxygens (including phenoxy) is 2. The van der Waals surface area contributed by atoms with Gasteiger partial charge in [0.1, 0.15) is 11.9 Å². The van der Waals surface area contributed by atoms with Gasteiger partial charge < -0.3 is 14.5 Å². The van der Waals surface area contributed by atoms with Crippen molar-refractivity contribution in [3.63, 3.8) is 0 Å². The Morgan fingerprint density at radius 2 is 2.10 bits per heavy atom. The third kappa shape index (κ3) is 3.18. The molecule has 0 saturated carbocycles. The van der Waals surface area contributed by atoms with Crippen LogP contribution in [0.1, 0.15) is 17.6 Å². The Morgan fingerprint density at radius 1 is 1.29 bits per heavy atom. The molecule has 0 bridgehead atoms. The van der Waals surface area contributed by atoms with E-state index in [1.807, 2.05) is 30.3 Å². The van der Waals surface area contributed by atoms with Crippen LogP contribution in [-0.4, -0.2) is 55.3 Å². The number of imidazole rings is 1. The average Bonchev–Trinajstić information content (AvgIpc) is 3.41. The van der Waals surface area contributed by atoms with Crippen molar-refractivity contribution >= 4 is 17.3 Å². The molecule has 12 heteroatoms. The van der Waals surface area contributed by atoms with E-state index in [4.69, 9.17) is 15.0 Å². The second-order valence-electron chi connectivity index (χ2n) is 7.41. The summed E-state index contributed by atoms with van der Waals surface area (Å²) in [4.78, 5) is 40.5. The van der Waals surface area contributed by atoms with E-state index >= 15 is 0 Å². The van der Waals surface area contributed by atoms with E-state index in [-0.39, 0.29) is 17.6 Å². The molecule has 3 aromatic rings. The molecule has 2 aromatic heterocycles. The Morgan fingerprint density at radius 3 is 2.87 bits per heavy atom. The van der Waals surface area contributed by atoms with Gasteiger partial charge in [-0.2, -0.15) is 0 Å². The molecular weight excluding hydrogens is 404 g/mol. The zero-order valence-corrected chi connectivity index (χ0v) is 16.5. The number of aromatic amines is 1. The molecule has 158 valence electrons. The van der Waals surface area contributed by atoms with E-state index in [1.165, 1.54) is 6.33 Å². The van der Waals surface area contributed by atoms with Crippen LogP contribution in [0.5, 0.6) is 0 Å². The second kappa shape index (κ2) is 7.42. The smallest absolute Gasteiger partial charge is 0.411 e. The van der Waals surface area contributed by atoms with Crippen molar-refractivity contribution in [2.75, 3.05) is 6.54 Å². The van der Waals surface area contributed by atoms with Crippen LogP contribution in [0, 0.1) is 6.92 Å². The van der Waals surface area contributed by atoms with Crippen molar-refractivity contribution in [1.82, 2.24) is 24.4 Å². The van der Waals surface area contributed by atoms with Crippen LogP contribution >= 0.6 is 0 Å². The Kier molecular flexibility index (Phi) is 4.57. The van der Waals surface area contributed by atoms with Gasteiger partial charge in [-0.1, -0.05) is 35.4 Å². The first-order valence-electron chi connectivity index (χ1n) is 9.68. The largest absolute Gasteiger partial charge is 0.439 e. The SMILES string of the molecule is Cc1nc2c(ncn2[C@@H]2O[C@H](CN=[N+]=[N-])C3[C@@H]2OC(=O)N3Cc2ccccc2)c(=O)[nH]1. The minimum atomic E-state index is -0.771. The van der Waals surface area contributed by atoms with Crippen LogP contribution in [0.4, 0.5) is 4.79 Å². The summed E-state index contributed by atoms with van der Waals surface area (Å²) in [7, 11) is 0. The van der Waals surface area contributed by atoms with E-state index in [9.17, 15) is 9.59 Å². The van der Waals surface area contributed by atoms with Gasteiger partial charge in [0.2, 0.25) is 0 Å². The van der Waals surface area contributed by atoms with Crippen molar-refractivity contribution in [1.29, 1.82) is 0 Å². The fourth-order valence-electron chi connectivity index (χ4n) is 4.19. The number of aromatic nitrogens is 4. The normalized spacial score (nSPS) is 24.8. The first-order valence-corrected chi connectivity index (χ1v) is 9.68. The fourth-order valence-corrected chi connectivity index (χ4v) is 4.19. The van der Waals surface area contributed by atoms with Crippen molar-refractivity contribution in [2.45, 2.75) is 37.9 Å². The summed E-state index contributed by atoms with van der Waals surface area (Å²) in [6.07, 6.45) is -1.09. The van der Waals surface area contributed by atoms with Crippen LogP contribution < -0.4 is 5.56 Å². The highest BCUT2D eigenvalue weighted by Crippen LogP contribution is 2.41. The summed E-state index contributed by atoms with van der Waals surface area (Å²) < 4.78 is 13.4. The number of hydrogen-bond donors (Lipinski definition) is 1. The number of nitrogens with one attached hydrogen (secondary N) is 1. The third-order valence-corrected chi connectivity index (χ3v) is 5.49. The third-order valence-electron chi connectivity index (χ3n) is 5.49. The number of aryl methyl sites for hydroxylation is 1. The van der Waals surface area contributed by atoms with Gasteiger partial charge in [-0.3, -0.25) is 14.3 Å². The van der Waals surface area contributed by atoms with Gasteiger partial charge in [0.15, 0.2) is 23.5 Å². The molecule has 31 heavy (non-hydrogen) atoms. The maximum Gasteiger partial charge on any atom is 0.411 e. The minimum Gasteiger partial charge on any atom is -0.439 e. The molecule has 2 saturated heterocycles. The quantitative estimate of drug-likeness (QED) is 0.377. The molecule has 4 heterocycles. The molecule has 4 atom stereocenters. The zero-order chi connectivity index (χ0) is 21.5. The maximum atomic E-state index is 12.7. The Bertz CT molecular complexity index is 1250. The average molecular weight is 422 g/mol. The maximum absolute atomic E-state index is 12.7. The first-order chi connectivity index (χ1) is 15.1. The number of H-pyrrole nitrogens is 1. The van der Waals surface area contributed by atoms with Crippen LogP contribution in [0.3, 0.4) is 0 Å². The molecule has 12 nitrogen and oxygen atoms in total. The van der Waals surface area contributed by atoms with Gasteiger partial charge in [0.05, 0.1) is 19.0 Å². The molecular formula is C19H18N8O4. The number of benzene rings is 1. The van der Waals surface area contributed by atoms with E-state index in [0.717, 1.165) is 5.56 Å². The lowest BCUT2D eigenvalue weighted by atomic mass is 10.1. The van der Waals surface area contributed by atoms with E-state index in [2.05, 4.69) is 25.0 Å². The van der Waals surface area contributed by atoms with Crippen molar-refractivity contribution in [2.24, 2.45) is 5.11 Å². The number of carbonyl (C=O) groups is 1. The van der Waals surface area contributed by atoms with Gasteiger partial charge >= 0.3 is 6.09 Å². The topological polar surface area (TPSA) is 151 Å². The summed E-state index contributed by atoms with van der Waals surface area (Å²) >= 11 is 0. The molecule has 1 amide bonds. The van der Waals surface area contributed by atoms with E-state index < -0.39 is 30.6 Å². The lowest BCUT2D eigenvalue weighted by molar-refractivity contribution is -0.0426. The van der Waals surface area contributed by atoms with Crippen LogP contribution in [-0.2, 0) is 16.0 Å². The predicted octanol–water partition coefficient (Wildman–Crippen LogP) is 2.03. The molecule has 0 radical (unpaired) electrons. The highest BCUT2D eigenvalue weighted by molar-refractivity contribution is 5.72. The molecule has 0 spiro atoms. The second-order valence-corrected chi connectivity index (χ2v) is 7.41. The van der Waals surface area contributed by atoms with E-state index in [1.54, 1.807) is 16.4 Å². The summed E-state index contributed by atoms with van der Waals surface area (Å²) in [6.45, 7) is 2.01. The molecule has 1 N–H and O–H groups in total. The van der Waals surface area contributed by atoms with Gasteiger partial charge in [-0.15, -0.1) is 0 Å². The number of azide groups is 1. The molecule has 2 aliphatic heterocycles. The summed E-state index contributed by atoms with van der Waals surface area (Å²) in [6, 6.07) is 9.03. The van der Waals surface area contributed by atoms with E-state index in [0.29, 0.717) is 18.0 Å². The van der Waals surface area contributed by atoms with Gasteiger partial charge in [0.25, 0.3) is 5.56 Å². The summed E-state index contributed by atoms with van der Waals surface area (Å²) in [5.74, 6) is 0.425. The van der Waals surface area contributed by atoms with Crippen LogP contribution in [0.15, 0.2) is 46.6 Å². The number of fused-ring (bicyclic) bond motifs is 2. The molecule has 2 fully saturated rings. The number of rotatable bonds is 5. The summed E-state index contributed by atoms with van der Waals surface area (Å²) in [5, 5.41) is 3.65. The first kappa shape index (κ1) is 19.1. The zero-order valence-electron chi connectivity index (χ0n) is 16.5. The van der Waals surface area contributed by atoms with Crippen molar-refractivity contribution in [3.8, 4) is 0 Å². The van der Waals surface area contributed by atoms with Gasteiger partial charge in [-0.25, -0.2) is 14.8 Å². The van der Waals surface area contributed by atoms with Crippen LogP contribution in [0.25, 0.3) is 21.6 Å². The molecule has 1 unspecified atom stereocenters. The van der Waals surface area contributed by atoms with Gasteiger partial charge in [0, 0.05) is 11.5 Å². The lowest BCUT2D eigenvalue weighted by Crippen LogP contribution is -2.42. The Labute approximate surface area is 175 Å². The standard InChI is InChI=1S/C19H18N8O4/c1-10-23-16-13(17(28)24-10)21-9-27(16)18-15-14(12(30-18)7-22-25-20)26(19(29)31-15)8-11-5-3-2-4-6-11/h2-6,9,12,14-15,18H,7-8H2,1H3,(H,23,24,28)/t12-,14?,15+,18-/m1/s1. The Balaban J connectivity index is 1.54. The molecule has 1 aromatic carbocycles. The molecule has 2 aliphatic rings. The van der Waals surface area contributed by atoms with Gasteiger partial charge in [-0.05, 0) is 18.0 Å². The summed E-state index contributed by atoms with van der Waals surface area (Å²) in [5.41, 5.74) is 9.86. The monoisotopic (exact) mass is 422 g/mol.